The Labute approximate surface area is 189 Å². The fourth-order valence-corrected chi connectivity index (χ4v) is 6.07. The molecule has 2 atom stereocenters. The van der Waals surface area contributed by atoms with Crippen LogP contribution in [-0.4, -0.2) is 47.2 Å². The van der Waals surface area contributed by atoms with Gasteiger partial charge in [0.1, 0.15) is 6.61 Å². The third-order valence-corrected chi connectivity index (χ3v) is 9.17. The predicted molar refractivity (Wildman–Crippen MR) is 111 cm³/mol. The van der Waals surface area contributed by atoms with Crippen LogP contribution in [0.5, 0.6) is 5.75 Å². The highest BCUT2D eigenvalue weighted by Crippen LogP contribution is 2.39. The summed E-state index contributed by atoms with van der Waals surface area (Å²) in [6, 6.07) is 6.71. The lowest BCUT2D eigenvalue weighted by Crippen LogP contribution is -2.46. The summed E-state index contributed by atoms with van der Waals surface area (Å²) in [5.41, 5.74) is -1.06. The maximum atomic E-state index is 14.2. The van der Waals surface area contributed by atoms with E-state index in [1.807, 2.05) is 0 Å². The number of benzene rings is 2. The van der Waals surface area contributed by atoms with E-state index < -0.39 is 53.0 Å². The number of alkyl halides is 3. The number of hydrogen-bond donors (Lipinski definition) is 0. The predicted octanol–water partition coefficient (Wildman–Crippen LogP) is 4.04. The minimum absolute atomic E-state index is 0.0121. The monoisotopic (exact) mass is 510 g/mol. The lowest BCUT2D eigenvalue weighted by Gasteiger charge is -2.37. The van der Waals surface area contributed by atoms with Crippen LogP contribution >= 0.6 is 0 Å². The van der Waals surface area contributed by atoms with Crippen LogP contribution < -0.4 is 4.74 Å². The second-order valence-corrected chi connectivity index (χ2v) is 12.6. The second kappa shape index (κ2) is 8.88. The van der Waals surface area contributed by atoms with E-state index in [4.69, 9.17) is 9.47 Å². The maximum absolute atomic E-state index is 14.2. The van der Waals surface area contributed by atoms with Crippen LogP contribution in [0.15, 0.2) is 52.3 Å². The van der Waals surface area contributed by atoms with Gasteiger partial charge in [-0.1, -0.05) is 6.07 Å². The van der Waals surface area contributed by atoms with Gasteiger partial charge >= 0.3 is 6.18 Å². The molecule has 182 valence electrons. The van der Waals surface area contributed by atoms with Crippen LogP contribution in [-0.2, 0) is 30.6 Å². The molecule has 12 heteroatoms. The molecule has 0 saturated carbocycles. The zero-order chi connectivity index (χ0) is 24.7. The Balaban J connectivity index is 1.77. The summed E-state index contributed by atoms with van der Waals surface area (Å²) in [7, 11) is -7.77. The molecule has 0 aromatic heterocycles. The van der Waals surface area contributed by atoms with E-state index in [0.717, 1.165) is 36.6 Å². The Morgan fingerprint density at radius 1 is 1.09 bits per heavy atom. The van der Waals surface area contributed by atoms with Crippen molar-refractivity contribution in [2.24, 2.45) is 0 Å². The smallest absolute Gasteiger partial charge is 0.416 e. The molecule has 0 spiro atoms. The van der Waals surface area contributed by atoms with E-state index in [9.17, 15) is 34.4 Å². The van der Waals surface area contributed by atoms with Gasteiger partial charge in [0.05, 0.1) is 26.2 Å². The Kier molecular flexibility index (Phi) is 6.84. The molecule has 1 saturated heterocycles. The van der Waals surface area contributed by atoms with E-state index in [1.165, 1.54) is 13.0 Å². The molecule has 0 amide bonds. The SMILES string of the molecule is CC1(S(=O)(=O)c2cccc(C(F)(F)F)c2)CCOC(COc2ccc(S(C)(=O)=O)cc2F)C1. The minimum atomic E-state index is -4.69. The molecule has 2 unspecified atom stereocenters. The second-order valence-electron chi connectivity index (χ2n) is 8.10. The molecule has 1 heterocycles. The van der Waals surface area contributed by atoms with Crippen molar-refractivity contribution in [3.63, 3.8) is 0 Å². The Morgan fingerprint density at radius 2 is 1.79 bits per heavy atom. The summed E-state index contributed by atoms with van der Waals surface area (Å²) in [5.74, 6) is -1.15. The third kappa shape index (κ3) is 5.49. The van der Waals surface area contributed by atoms with Crippen molar-refractivity contribution >= 4 is 19.7 Å². The average molecular weight is 511 g/mol. The Hall–Kier alpha value is -2.18. The van der Waals surface area contributed by atoms with Crippen LogP contribution in [0.4, 0.5) is 17.6 Å². The van der Waals surface area contributed by atoms with Gasteiger partial charge in [0.15, 0.2) is 31.2 Å². The summed E-state index contributed by atoms with van der Waals surface area (Å²) in [6.45, 7) is 1.21. The largest absolute Gasteiger partial charge is 0.488 e. The first-order valence-electron chi connectivity index (χ1n) is 9.79. The summed E-state index contributed by atoms with van der Waals surface area (Å²) in [4.78, 5) is -0.662. The number of hydrogen-bond acceptors (Lipinski definition) is 6. The number of ether oxygens (including phenoxy) is 2. The summed E-state index contributed by atoms with van der Waals surface area (Å²) in [6.07, 6.45) is -4.56. The molecule has 33 heavy (non-hydrogen) atoms. The van der Waals surface area contributed by atoms with Crippen molar-refractivity contribution in [2.45, 2.75) is 46.6 Å². The van der Waals surface area contributed by atoms with E-state index >= 15 is 0 Å². The number of halogens is 4. The minimum Gasteiger partial charge on any atom is -0.488 e. The average Bonchev–Trinajstić information content (AvgIpc) is 2.71. The molecule has 6 nitrogen and oxygen atoms in total. The van der Waals surface area contributed by atoms with Crippen LogP contribution in [0.1, 0.15) is 25.3 Å². The molecular weight excluding hydrogens is 488 g/mol. The van der Waals surface area contributed by atoms with Crippen molar-refractivity contribution in [3.05, 3.63) is 53.8 Å². The summed E-state index contributed by atoms with van der Waals surface area (Å²) >= 11 is 0. The van der Waals surface area contributed by atoms with Crippen molar-refractivity contribution in [1.82, 2.24) is 0 Å². The molecule has 2 aromatic carbocycles. The highest BCUT2D eigenvalue weighted by Gasteiger charge is 2.45. The molecule has 1 aliphatic rings. The molecule has 0 radical (unpaired) electrons. The molecule has 2 aromatic rings. The van der Waals surface area contributed by atoms with Crippen LogP contribution in [0, 0.1) is 5.82 Å². The molecule has 0 N–H and O–H groups in total. The van der Waals surface area contributed by atoms with Gasteiger partial charge in [-0.25, -0.2) is 21.2 Å². The van der Waals surface area contributed by atoms with E-state index in [2.05, 4.69) is 0 Å². The van der Waals surface area contributed by atoms with Crippen LogP contribution in [0.25, 0.3) is 0 Å². The molecule has 1 fully saturated rings. The molecule has 0 bridgehead atoms. The first-order valence-corrected chi connectivity index (χ1v) is 13.2. The van der Waals surface area contributed by atoms with Crippen molar-refractivity contribution in [1.29, 1.82) is 0 Å². The molecule has 0 aliphatic carbocycles. The Morgan fingerprint density at radius 3 is 2.39 bits per heavy atom. The number of sulfone groups is 2. The van der Waals surface area contributed by atoms with E-state index in [0.29, 0.717) is 6.07 Å². The highest BCUT2D eigenvalue weighted by molar-refractivity contribution is 7.92. The van der Waals surface area contributed by atoms with Gasteiger partial charge in [-0.3, -0.25) is 0 Å². The van der Waals surface area contributed by atoms with Crippen molar-refractivity contribution < 1.29 is 43.9 Å². The van der Waals surface area contributed by atoms with Gasteiger partial charge in [0.25, 0.3) is 0 Å². The van der Waals surface area contributed by atoms with Crippen molar-refractivity contribution in [3.8, 4) is 5.75 Å². The lowest BCUT2D eigenvalue weighted by molar-refractivity contribution is -0.137. The standard InChI is InChI=1S/C21H22F4O6S2/c1-20(33(28,29)17-5-3-4-14(10-17)21(23,24)25)8-9-30-15(12-20)13-31-19-7-6-16(11-18(19)22)32(2,26)27/h3-7,10-11,15H,8-9,12-13H2,1-2H3. The third-order valence-electron chi connectivity index (χ3n) is 5.52. The van der Waals surface area contributed by atoms with Gasteiger partial charge in [-0.15, -0.1) is 0 Å². The zero-order valence-electron chi connectivity index (χ0n) is 17.7. The van der Waals surface area contributed by atoms with Crippen LogP contribution in [0.3, 0.4) is 0 Å². The first-order chi connectivity index (χ1) is 15.1. The Bertz CT molecular complexity index is 1240. The fourth-order valence-electron chi connectivity index (χ4n) is 3.57. The quantitative estimate of drug-likeness (QED) is 0.546. The maximum Gasteiger partial charge on any atom is 0.416 e. The van der Waals surface area contributed by atoms with Gasteiger partial charge in [-0.05, 0) is 56.2 Å². The van der Waals surface area contributed by atoms with E-state index in [-0.39, 0.29) is 36.7 Å². The highest BCUT2D eigenvalue weighted by atomic mass is 32.2. The first kappa shape index (κ1) is 25.4. The van der Waals surface area contributed by atoms with Gasteiger partial charge in [0, 0.05) is 12.9 Å². The van der Waals surface area contributed by atoms with Gasteiger partial charge < -0.3 is 9.47 Å². The van der Waals surface area contributed by atoms with E-state index in [1.54, 1.807) is 0 Å². The summed E-state index contributed by atoms with van der Waals surface area (Å²) < 4.78 is 112. The zero-order valence-corrected chi connectivity index (χ0v) is 19.4. The molecule has 1 aliphatic heterocycles. The van der Waals surface area contributed by atoms with Gasteiger partial charge in [0.2, 0.25) is 0 Å². The molecule has 3 rings (SSSR count). The lowest BCUT2D eigenvalue weighted by atomic mass is 9.97. The molecular formula is C21H22F4O6S2. The number of rotatable bonds is 6. The normalized spacial score (nSPS) is 22.2. The fraction of sp³-hybridized carbons (Fsp3) is 0.429. The van der Waals surface area contributed by atoms with Crippen LogP contribution in [0.2, 0.25) is 0 Å². The van der Waals surface area contributed by atoms with Gasteiger partial charge in [-0.2, -0.15) is 13.2 Å². The van der Waals surface area contributed by atoms with Crippen molar-refractivity contribution in [2.75, 3.05) is 19.5 Å². The summed E-state index contributed by atoms with van der Waals surface area (Å²) in [5, 5.41) is 0. The topological polar surface area (TPSA) is 86.7 Å².